The zero-order chi connectivity index (χ0) is 25.1. The van der Waals surface area contributed by atoms with Gasteiger partial charge in [-0.1, -0.05) is 41.9 Å². The number of halogens is 1. The number of fused-ring (bicyclic) bond motifs is 1. The van der Waals surface area contributed by atoms with Gasteiger partial charge in [0.1, 0.15) is 6.10 Å². The van der Waals surface area contributed by atoms with Crippen LogP contribution in [0.1, 0.15) is 50.3 Å². The average Bonchev–Trinajstić information content (AvgIpc) is 3.15. The summed E-state index contributed by atoms with van der Waals surface area (Å²) >= 11 is 6.14. The van der Waals surface area contributed by atoms with Gasteiger partial charge in [-0.3, -0.25) is 4.79 Å². The van der Waals surface area contributed by atoms with Crippen LogP contribution in [-0.2, 0) is 37.0 Å². The molecular weight excluding hydrogens is 468 g/mol. The van der Waals surface area contributed by atoms with Crippen molar-refractivity contribution in [3.8, 4) is 6.07 Å². The summed E-state index contributed by atoms with van der Waals surface area (Å²) in [5.74, 6) is -1.03. The maximum Gasteiger partial charge on any atom is 0.252 e. The van der Waals surface area contributed by atoms with E-state index in [9.17, 15) is 10.1 Å². The van der Waals surface area contributed by atoms with Crippen LogP contribution in [0, 0.1) is 11.3 Å². The summed E-state index contributed by atoms with van der Waals surface area (Å²) in [6.45, 7) is 6.47. The lowest BCUT2D eigenvalue weighted by molar-refractivity contribution is -0.183. The van der Waals surface area contributed by atoms with Crippen LogP contribution < -0.4 is 5.32 Å². The summed E-state index contributed by atoms with van der Waals surface area (Å²) in [5.41, 5.74) is 0.955. The lowest BCUT2D eigenvalue weighted by atomic mass is 9.78. The first kappa shape index (κ1) is 25.6. The highest BCUT2D eigenvalue weighted by Crippen LogP contribution is 2.44. The van der Waals surface area contributed by atoms with Gasteiger partial charge in [-0.15, -0.1) is 0 Å². The van der Waals surface area contributed by atoms with E-state index in [2.05, 4.69) is 11.4 Å². The van der Waals surface area contributed by atoms with Gasteiger partial charge < -0.3 is 24.3 Å². The van der Waals surface area contributed by atoms with Crippen molar-refractivity contribution < 1.29 is 23.7 Å². The van der Waals surface area contributed by atoms with E-state index >= 15 is 0 Å². The number of nitrogens with zero attached hydrogens (tertiary/aromatic N) is 1. The van der Waals surface area contributed by atoms with Crippen molar-refractivity contribution >= 4 is 17.5 Å². The Morgan fingerprint density at radius 2 is 1.97 bits per heavy atom. The van der Waals surface area contributed by atoms with E-state index in [-0.39, 0.29) is 25.0 Å². The molecule has 2 fully saturated rings. The number of carbonyl (C=O) groups is 1. The largest absolute Gasteiger partial charge is 0.371 e. The minimum Gasteiger partial charge on any atom is -0.371 e. The second-order valence-corrected chi connectivity index (χ2v) is 9.87. The number of carbonyl (C=O) groups excluding carboxylic acids is 1. The molecule has 186 valence electrons. The standard InChI is InChI=1S/C27H31ClN2O5/c1-4-30-25(31)27(33-17-20-10-6-5-9-19(20)15-29)13-22(24-23(14-27)34-26(2,3)35-24)32-16-18-8-7-11-21(28)12-18/h5-12,22-24H,4,13-14,16-17H2,1-3H3,(H,30,31)/t22?,23-,24+,27-/m1/s1. The van der Waals surface area contributed by atoms with Gasteiger partial charge in [-0.2, -0.15) is 5.26 Å². The van der Waals surface area contributed by atoms with Crippen molar-refractivity contribution in [3.05, 3.63) is 70.2 Å². The molecule has 2 aliphatic rings. The Kier molecular flexibility index (Phi) is 7.80. The number of nitrogens with one attached hydrogen (secondary N) is 1. The molecule has 1 saturated heterocycles. The molecule has 2 aromatic rings. The van der Waals surface area contributed by atoms with Crippen molar-refractivity contribution in [1.82, 2.24) is 5.32 Å². The fraction of sp³-hybridized carbons (Fsp3) is 0.481. The van der Waals surface area contributed by atoms with Crippen molar-refractivity contribution in [2.75, 3.05) is 6.54 Å². The second kappa shape index (κ2) is 10.7. The van der Waals surface area contributed by atoms with E-state index in [0.717, 1.165) is 11.1 Å². The maximum absolute atomic E-state index is 13.4. The molecule has 1 amide bonds. The summed E-state index contributed by atoms with van der Waals surface area (Å²) in [6, 6.07) is 16.9. The topological polar surface area (TPSA) is 89.8 Å². The van der Waals surface area contributed by atoms with Crippen LogP contribution in [0.15, 0.2) is 48.5 Å². The Hall–Kier alpha value is -2.47. The highest BCUT2D eigenvalue weighted by molar-refractivity contribution is 6.30. The normalized spacial score (nSPS) is 27.1. The first-order valence-corrected chi connectivity index (χ1v) is 12.2. The Morgan fingerprint density at radius 1 is 1.17 bits per heavy atom. The Morgan fingerprint density at radius 3 is 2.71 bits per heavy atom. The van der Waals surface area contributed by atoms with Crippen molar-refractivity contribution in [2.45, 2.75) is 76.5 Å². The quantitative estimate of drug-likeness (QED) is 0.576. The molecule has 1 saturated carbocycles. The third-order valence-corrected chi connectivity index (χ3v) is 6.63. The van der Waals surface area contributed by atoms with Gasteiger partial charge in [0.05, 0.1) is 37.1 Å². The second-order valence-electron chi connectivity index (χ2n) is 9.44. The average molecular weight is 499 g/mol. The summed E-state index contributed by atoms with van der Waals surface area (Å²) in [4.78, 5) is 13.4. The summed E-state index contributed by atoms with van der Waals surface area (Å²) < 4.78 is 25.1. The van der Waals surface area contributed by atoms with Crippen LogP contribution in [0.25, 0.3) is 0 Å². The zero-order valence-corrected chi connectivity index (χ0v) is 21.0. The van der Waals surface area contributed by atoms with Crippen LogP contribution >= 0.6 is 11.6 Å². The summed E-state index contributed by atoms with van der Waals surface area (Å²) in [6.07, 6.45) is -0.588. The molecule has 0 spiro atoms. The number of rotatable bonds is 8. The molecule has 2 aromatic carbocycles. The summed E-state index contributed by atoms with van der Waals surface area (Å²) in [5, 5.41) is 13.0. The van der Waals surface area contributed by atoms with E-state index in [1.807, 2.05) is 57.2 Å². The van der Waals surface area contributed by atoms with Gasteiger partial charge in [0.25, 0.3) is 5.91 Å². The molecule has 1 N–H and O–H groups in total. The first-order valence-electron chi connectivity index (χ1n) is 11.9. The van der Waals surface area contributed by atoms with Gasteiger partial charge in [0.15, 0.2) is 11.4 Å². The Balaban J connectivity index is 1.61. The van der Waals surface area contributed by atoms with Crippen LogP contribution in [0.5, 0.6) is 0 Å². The highest BCUT2D eigenvalue weighted by atomic mass is 35.5. The molecule has 1 heterocycles. The lowest BCUT2D eigenvalue weighted by Gasteiger charge is -2.43. The molecule has 1 unspecified atom stereocenters. The van der Waals surface area contributed by atoms with Gasteiger partial charge in [0, 0.05) is 24.4 Å². The molecule has 1 aliphatic carbocycles. The van der Waals surface area contributed by atoms with Gasteiger partial charge >= 0.3 is 0 Å². The number of hydrogen-bond acceptors (Lipinski definition) is 6. The van der Waals surface area contributed by atoms with E-state index < -0.39 is 23.6 Å². The van der Waals surface area contributed by atoms with Crippen LogP contribution in [0.3, 0.4) is 0 Å². The van der Waals surface area contributed by atoms with E-state index in [4.69, 9.17) is 30.5 Å². The number of hydrogen-bond donors (Lipinski definition) is 1. The molecule has 0 aromatic heterocycles. The molecule has 0 radical (unpaired) electrons. The van der Waals surface area contributed by atoms with E-state index in [0.29, 0.717) is 30.2 Å². The lowest BCUT2D eigenvalue weighted by Crippen LogP contribution is -2.60. The minimum atomic E-state index is -1.21. The predicted octanol–water partition coefficient (Wildman–Crippen LogP) is 4.50. The molecular formula is C27H31ClN2O5. The highest BCUT2D eigenvalue weighted by Gasteiger charge is 2.58. The molecule has 4 atom stereocenters. The number of ether oxygens (including phenoxy) is 4. The fourth-order valence-corrected chi connectivity index (χ4v) is 5.04. The van der Waals surface area contributed by atoms with Gasteiger partial charge in [0.2, 0.25) is 0 Å². The third-order valence-electron chi connectivity index (χ3n) is 6.40. The van der Waals surface area contributed by atoms with Gasteiger partial charge in [-0.05, 0) is 50.1 Å². The minimum absolute atomic E-state index is 0.115. The predicted molar refractivity (Wildman–Crippen MR) is 130 cm³/mol. The van der Waals surface area contributed by atoms with Crippen molar-refractivity contribution in [3.63, 3.8) is 0 Å². The smallest absolute Gasteiger partial charge is 0.252 e. The fourth-order valence-electron chi connectivity index (χ4n) is 4.83. The number of benzene rings is 2. The van der Waals surface area contributed by atoms with Crippen LogP contribution in [-0.4, -0.2) is 42.2 Å². The molecule has 1 aliphatic heterocycles. The SMILES string of the molecule is CCNC(=O)[C@@]1(OCc2ccccc2C#N)CC(OCc2cccc(Cl)c2)[C@@H]2OC(C)(C)O[C@@H]2C1. The molecule has 0 bridgehead atoms. The van der Waals surface area contributed by atoms with E-state index in [1.165, 1.54) is 0 Å². The van der Waals surface area contributed by atoms with E-state index in [1.54, 1.807) is 12.1 Å². The zero-order valence-electron chi connectivity index (χ0n) is 20.3. The molecule has 8 heteroatoms. The third kappa shape index (κ3) is 5.85. The molecule has 35 heavy (non-hydrogen) atoms. The van der Waals surface area contributed by atoms with Gasteiger partial charge in [-0.25, -0.2) is 0 Å². The molecule has 7 nitrogen and oxygen atoms in total. The van der Waals surface area contributed by atoms with Crippen molar-refractivity contribution in [2.24, 2.45) is 0 Å². The number of amides is 1. The van der Waals surface area contributed by atoms with Crippen LogP contribution in [0.4, 0.5) is 0 Å². The van der Waals surface area contributed by atoms with Crippen LogP contribution in [0.2, 0.25) is 5.02 Å². The number of nitriles is 1. The monoisotopic (exact) mass is 498 g/mol. The Bertz CT molecular complexity index is 1100. The first-order chi connectivity index (χ1) is 16.7. The molecule has 4 rings (SSSR count). The number of likely N-dealkylation sites (N-methyl/N-ethyl adjacent to an activating group) is 1. The maximum atomic E-state index is 13.4. The Labute approximate surface area is 211 Å². The van der Waals surface area contributed by atoms with Crippen molar-refractivity contribution in [1.29, 1.82) is 5.26 Å². The summed E-state index contributed by atoms with van der Waals surface area (Å²) in [7, 11) is 0.